The molecule has 1 aromatic heterocycles. The Kier molecular flexibility index (Phi) is 1.85. The Labute approximate surface area is 80.9 Å². The minimum Gasteiger partial charge on any atom is -0.508 e. The van der Waals surface area contributed by atoms with Crippen molar-refractivity contribution in [2.24, 2.45) is 0 Å². The number of phenolic OH excluding ortho intramolecular Hbond substituents is 1. The Morgan fingerprint density at radius 1 is 1.43 bits per heavy atom. The number of fused-ring (bicyclic) bond motifs is 1. The van der Waals surface area contributed by atoms with Crippen molar-refractivity contribution in [1.29, 1.82) is 0 Å². The molecule has 1 heterocycles. The fraction of sp³-hybridized carbons (Fsp3) is 0. The van der Waals surface area contributed by atoms with Crippen LogP contribution in [0.2, 0.25) is 0 Å². The Morgan fingerprint density at radius 2 is 2.21 bits per heavy atom. The lowest BCUT2D eigenvalue weighted by Gasteiger charge is -1.99. The maximum Gasteiger partial charge on any atom is 0.254 e. The molecule has 0 aliphatic rings. The van der Waals surface area contributed by atoms with Crippen LogP contribution in [-0.4, -0.2) is 15.6 Å². The van der Waals surface area contributed by atoms with Gasteiger partial charge in [-0.3, -0.25) is 9.36 Å². The zero-order valence-corrected chi connectivity index (χ0v) is 7.47. The number of hydrogen-bond donors (Lipinski definition) is 1. The summed E-state index contributed by atoms with van der Waals surface area (Å²) in [5.74, 6) is 0.0204. The summed E-state index contributed by atoms with van der Waals surface area (Å²) in [6, 6.07) is 6.64. The number of aromatic hydroxyl groups is 1. The summed E-state index contributed by atoms with van der Waals surface area (Å²) < 4.78 is 1.49. The predicted octanol–water partition coefficient (Wildman–Crippen LogP) is 2.17. The monoisotopic (exact) mass is 187 g/mol. The van der Waals surface area contributed by atoms with Crippen LogP contribution < -0.4 is 0 Å². The maximum absolute atomic E-state index is 11.4. The van der Waals surface area contributed by atoms with Gasteiger partial charge in [-0.2, -0.15) is 0 Å². The van der Waals surface area contributed by atoms with Crippen molar-refractivity contribution in [2.75, 3.05) is 0 Å². The molecule has 0 amide bonds. The second-order valence-corrected chi connectivity index (χ2v) is 2.97. The number of hydrogen-bond acceptors (Lipinski definition) is 2. The molecule has 0 radical (unpaired) electrons. The molecule has 0 unspecified atom stereocenters. The van der Waals surface area contributed by atoms with Crippen molar-refractivity contribution in [2.45, 2.75) is 0 Å². The Bertz CT molecular complexity index is 511. The lowest BCUT2D eigenvalue weighted by Crippen LogP contribution is -2.04. The normalized spacial score (nSPS) is 10.3. The van der Waals surface area contributed by atoms with Gasteiger partial charge < -0.3 is 5.11 Å². The van der Waals surface area contributed by atoms with Crippen LogP contribution >= 0.6 is 0 Å². The molecule has 2 rings (SSSR count). The van der Waals surface area contributed by atoms with Crippen molar-refractivity contribution in [3.8, 4) is 5.75 Å². The van der Waals surface area contributed by atoms with Gasteiger partial charge >= 0.3 is 0 Å². The number of allylic oxidation sites excluding steroid dienone is 1. The van der Waals surface area contributed by atoms with Gasteiger partial charge in [0.1, 0.15) is 5.75 Å². The summed E-state index contributed by atoms with van der Waals surface area (Å²) in [7, 11) is 0. The quantitative estimate of drug-likeness (QED) is 0.695. The molecule has 0 bridgehead atoms. The number of phenols is 1. The van der Waals surface area contributed by atoms with Gasteiger partial charge in [-0.1, -0.05) is 6.58 Å². The number of carbonyl (C=O) groups excluding carboxylic acids is 1. The largest absolute Gasteiger partial charge is 0.508 e. The standard InChI is InChI=1S/C11H9NO2/c1-2-11(14)12-6-5-8-7-9(13)3-4-10(8)12/h2-7,13H,1H2. The molecule has 1 aromatic carbocycles. The molecular formula is C11H9NO2. The highest BCUT2D eigenvalue weighted by atomic mass is 16.3. The number of carbonyl (C=O) groups is 1. The summed E-state index contributed by atoms with van der Waals surface area (Å²) in [5, 5.41) is 10.1. The summed E-state index contributed by atoms with van der Waals surface area (Å²) >= 11 is 0. The van der Waals surface area contributed by atoms with Gasteiger partial charge in [-0.15, -0.1) is 0 Å². The van der Waals surface area contributed by atoms with Crippen LogP contribution in [-0.2, 0) is 0 Å². The zero-order chi connectivity index (χ0) is 10.1. The van der Waals surface area contributed by atoms with E-state index in [1.54, 1.807) is 30.5 Å². The van der Waals surface area contributed by atoms with Crippen molar-refractivity contribution in [1.82, 2.24) is 4.57 Å². The molecule has 0 saturated heterocycles. The van der Waals surface area contributed by atoms with Gasteiger partial charge in [0, 0.05) is 11.6 Å². The fourth-order valence-corrected chi connectivity index (χ4v) is 1.42. The molecule has 1 N–H and O–H groups in total. The Morgan fingerprint density at radius 3 is 2.93 bits per heavy atom. The maximum atomic E-state index is 11.4. The van der Waals surface area contributed by atoms with E-state index in [0.717, 1.165) is 10.9 Å². The van der Waals surface area contributed by atoms with Crippen LogP contribution in [0.3, 0.4) is 0 Å². The predicted molar refractivity (Wildman–Crippen MR) is 54.4 cm³/mol. The third kappa shape index (κ3) is 1.19. The molecule has 0 fully saturated rings. The number of rotatable bonds is 1. The molecule has 3 nitrogen and oxygen atoms in total. The first-order chi connectivity index (χ1) is 6.72. The SMILES string of the molecule is C=CC(=O)n1ccc2cc(O)ccc21. The van der Waals surface area contributed by atoms with Crippen LogP contribution in [0.25, 0.3) is 10.9 Å². The van der Waals surface area contributed by atoms with Gasteiger partial charge in [-0.25, -0.2) is 0 Å². The van der Waals surface area contributed by atoms with Crippen molar-refractivity contribution in [3.05, 3.63) is 43.1 Å². The van der Waals surface area contributed by atoms with E-state index in [4.69, 9.17) is 0 Å². The van der Waals surface area contributed by atoms with E-state index in [0.29, 0.717) is 0 Å². The van der Waals surface area contributed by atoms with Gasteiger partial charge in [0.05, 0.1) is 5.52 Å². The number of aromatic nitrogens is 1. The van der Waals surface area contributed by atoms with Crippen LogP contribution in [0.5, 0.6) is 5.75 Å². The smallest absolute Gasteiger partial charge is 0.254 e. The summed E-state index contributed by atoms with van der Waals surface area (Å²) in [4.78, 5) is 11.4. The van der Waals surface area contributed by atoms with E-state index in [1.165, 1.54) is 10.6 Å². The molecule has 2 aromatic rings. The van der Waals surface area contributed by atoms with Gasteiger partial charge in [-0.05, 0) is 30.3 Å². The van der Waals surface area contributed by atoms with Gasteiger partial charge in [0.25, 0.3) is 5.91 Å². The molecule has 0 saturated carbocycles. The summed E-state index contributed by atoms with van der Waals surface area (Å²) in [6.07, 6.45) is 2.92. The number of nitrogens with zero attached hydrogens (tertiary/aromatic N) is 1. The van der Waals surface area contributed by atoms with E-state index in [2.05, 4.69) is 6.58 Å². The van der Waals surface area contributed by atoms with E-state index in [1.807, 2.05) is 0 Å². The van der Waals surface area contributed by atoms with Crippen LogP contribution in [0, 0.1) is 0 Å². The summed E-state index contributed by atoms with van der Waals surface area (Å²) in [6.45, 7) is 3.42. The Balaban J connectivity index is 2.69. The van der Waals surface area contributed by atoms with Crippen molar-refractivity contribution in [3.63, 3.8) is 0 Å². The first-order valence-corrected chi connectivity index (χ1v) is 4.19. The van der Waals surface area contributed by atoms with Crippen LogP contribution in [0.15, 0.2) is 43.1 Å². The third-order valence-electron chi connectivity index (χ3n) is 2.09. The first kappa shape index (κ1) is 8.56. The highest BCUT2D eigenvalue weighted by molar-refractivity contribution is 5.98. The molecule has 0 atom stereocenters. The van der Waals surface area contributed by atoms with E-state index < -0.39 is 0 Å². The fourth-order valence-electron chi connectivity index (χ4n) is 1.42. The molecule has 14 heavy (non-hydrogen) atoms. The van der Waals surface area contributed by atoms with E-state index >= 15 is 0 Å². The molecule has 0 aliphatic carbocycles. The second kappa shape index (κ2) is 3.03. The van der Waals surface area contributed by atoms with Gasteiger partial charge in [0.15, 0.2) is 0 Å². The second-order valence-electron chi connectivity index (χ2n) is 2.97. The van der Waals surface area contributed by atoms with Gasteiger partial charge in [0.2, 0.25) is 0 Å². The van der Waals surface area contributed by atoms with E-state index in [9.17, 15) is 9.90 Å². The minimum absolute atomic E-state index is 0.175. The number of benzene rings is 1. The molecule has 0 spiro atoms. The lowest BCUT2D eigenvalue weighted by molar-refractivity contribution is 0.0974. The molecule has 70 valence electrons. The molecule has 0 aliphatic heterocycles. The molecule has 3 heteroatoms. The average Bonchev–Trinajstić information content (AvgIpc) is 2.59. The lowest BCUT2D eigenvalue weighted by atomic mass is 10.2. The summed E-state index contributed by atoms with van der Waals surface area (Å²) in [5.41, 5.74) is 0.771. The van der Waals surface area contributed by atoms with Crippen molar-refractivity contribution >= 4 is 16.8 Å². The van der Waals surface area contributed by atoms with Crippen LogP contribution in [0.1, 0.15) is 4.79 Å². The van der Waals surface area contributed by atoms with Crippen molar-refractivity contribution < 1.29 is 9.90 Å². The average molecular weight is 187 g/mol. The third-order valence-corrected chi connectivity index (χ3v) is 2.09. The molecular weight excluding hydrogens is 178 g/mol. The Hall–Kier alpha value is -2.03. The minimum atomic E-state index is -0.175. The first-order valence-electron chi connectivity index (χ1n) is 4.19. The highest BCUT2D eigenvalue weighted by Crippen LogP contribution is 2.20. The zero-order valence-electron chi connectivity index (χ0n) is 7.47. The van der Waals surface area contributed by atoms with E-state index in [-0.39, 0.29) is 11.7 Å². The topological polar surface area (TPSA) is 42.2 Å². The highest BCUT2D eigenvalue weighted by Gasteiger charge is 2.05. The van der Waals surface area contributed by atoms with Crippen LogP contribution in [0.4, 0.5) is 0 Å².